The van der Waals surface area contributed by atoms with E-state index < -0.39 is 10.0 Å². The molecular weight excluding hydrogens is 282 g/mol. The van der Waals surface area contributed by atoms with Crippen molar-refractivity contribution in [3.63, 3.8) is 0 Å². The molecule has 20 heavy (non-hydrogen) atoms. The lowest BCUT2D eigenvalue weighted by Crippen LogP contribution is -2.40. The third-order valence-corrected chi connectivity index (χ3v) is 4.02. The molecule has 0 radical (unpaired) electrons. The van der Waals surface area contributed by atoms with E-state index in [1.165, 1.54) is 6.07 Å². The number of hydrogen-bond acceptors (Lipinski definition) is 6. The zero-order valence-corrected chi connectivity index (χ0v) is 12.5. The van der Waals surface area contributed by atoms with Gasteiger partial charge in [-0.2, -0.15) is 0 Å². The van der Waals surface area contributed by atoms with Crippen LogP contribution in [0.5, 0.6) is 0 Å². The lowest BCUT2D eigenvalue weighted by atomic mass is 10.3. The summed E-state index contributed by atoms with van der Waals surface area (Å²) in [5.74, 6) is 0.755. The van der Waals surface area contributed by atoms with Gasteiger partial charge in [0.25, 0.3) is 5.56 Å². The molecule has 0 amide bonds. The van der Waals surface area contributed by atoms with E-state index in [4.69, 9.17) is 5.73 Å². The maximum absolute atomic E-state index is 11.3. The summed E-state index contributed by atoms with van der Waals surface area (Å²) in [4.78, 5) is 17.8. The number of nitrogens with one attached hydrogen (secondary N) is 3. The van der Waals surface area contributed by atoms with Gasteiger partial charge in [-0.25, -0.2) is 18.1 Å². The molecule has 0 aromatic carbocycles. The van der Waals surface area contributed by atoms with Crippen LogP contribution >= 0.6 is 0 Å². The minimum atomic E-state index is -3.17. The van der Waals surface area contributed by atoms with E-state index in [0.717, 1.165) is 0 Å². The van der Waals surface area contributed by atoms with Crippen LogP contribution in [-0.2, 0) is 16.4 Å². The number of nitrogens with zero attached hydrogens (tertiary/aromatic N) is 1. The maximum Gasteiger partial charge on any atom is 0.252 e. The highest BCUT2D eigenvalue weighted by Gasteiger charge is 2.09. The van der Waals surface area contributed by atoms with E-state index >= 15 is 0 Å². The van der Waals surface area contributed by atoms with Crippen LogP contribution in [0.3, 0.4) is 0 Å². The number of nitrogen functional groups attached to an aromatic ring is 1. The summed E-state index contributed by atoms with van der Waals surface area (Å²) >= 11 is 0. The van der Waals surface area contributed by atoms with E-state index in [2.05, 4.69) is 20.0 Å². The number of sulfonamides is 1. The molecule has 0 aliphatic carbocycles. The van der Waals surface area contributed by atoms with Gasteiger partial charge in [0.2, 0.25) is 10.0 Å². The molecule has 0 saturated heterocycles. The van der Waals surface area contributed by atoms with Crippen molar-refractivity contribution in [2.45, 2.75) is 26.3 Å². The molecule has 0 spiro atoms. The fourth-order valence-electron chi connectivity index (χ4n) is 1.51. The Labute approximate surface area is 118 Å². The van der Waals surface area contributed by atoms with Gasteiger partial charge < -0.3 is 16.0 Å². The summed E-state index contributed by atoms with van der Waals surface area (Å²) < 4.78 is 25.0. The second kappa shape index (κ2) is 7.36. The van der Waals surface area contributed by atoms with Gasteiger partial charge in [-0.15, -0.1) is 0 Å². The van der Waals surface area contributed by atoms with Crippen molar-refractivity contribution in [3.8, 4) is 0 Å². The Hall–Kier alpha value is -1.45. The highest BCUT2D eigenvalue weighted by Crippen LogP contribution is 1.93. The molecule has 114 valence electrons. The Balaban J connectivity index is 2.35. The van der Waals surface area contributed by atoms with Crippen LogP contribution in [0.2, 0.25) is 0 Å². The molecule has 5 N–H and O–H groups in total. The minimum Gasteiger partial charge on any atom is -0.383 e. The average molecular weight is 303 g/mol. The van der Waals surface area contributed by atoms with Crippen LogP contribution in [0.15, 0.2) is 10.9 Å². The Morgan fingerprint density at radius 3 is 2.80 bits per heavy atom. The Morgan fingerprint density at radius 1 is 1.50 bits per heavy atom. The van der Waals surface area contributed by atoms with Crippen LogP contribution in [0.25, 0.3) is 0 Å². The lowest BCUT2D eigenvalue weighted by Gasteiger charge is -2.14. The lowest BCUT2D eigenvalue weighted by molar-refractivity contribution is 0.524. The Bertz CT molecular complexity index is 584. The number of aromatic nitrogens is 2. The molecule has 8 nitrogen and oxygen atoms in total. The van der Waals surface area contributed by atoms with E-state index in [1.807, 2.05) is 6.92 Å². The monoisotopic (exact) mass is 303 g/mol. The summed E-state index contributed by atoms with van der Waals surface area (Å²) in [6, 6.07) is 1.20. The molecular formula is C11H21N5O3S. The third kappa shape index (κ3) is 6.13. The number of H-pyrrole nitrogens is 1. The van der Waals surface area contributed by atoms with Gasteiger partial charge in [-0.1, -0.05) is 0 Å². The second-order valence-electron chi connectivity index (χ2n) is 4.47. The third-order valence-electron chi connectivity index (χ3n) is 2.65. The van der Waals surface area contributed by atoms with Gasteiger partial charge in [0.15, 0.2) is 0 Å². The summed E-state index contributed by atoms with van der Waals surface area (Å²) in [5.41, 5.74) is 5.19. The van der Waals surface area contributed by atoms with Gasteiger partial charge in [0.1, 0.15) is 11.6 Å². The molecule has 0 bridgehead atoms. The van der Waals surface area contributed by atoms with Gasteiger partial charge >= 0.3 is 0 Å². The highest BCUT2D eigenvalue weighted by molar-refractivity contribution is 7.89. The van der Waals surface area contributed by atoms with Crippen molar-refractivity contribution in [2.24, 2.45) is 0 Å². The van der Waals surface area contributed by atoms with Gasteiger partial charge in [0, 0.05) is 31.6 Å². The first kappa shape index (κ1) is 16.6. The number of anilines is 1. The molecule has 1 heterocycles. The summed E-state index contributed by atoms with van der Waals surface area (Å²) in [7, 11) is -3.17. The van der Waals surface area contributed by atoms with E-state index in [-0.39, 0.29) is 23.2 Å². The topological polar surface area (TPSA) is 130 Å². The first-order valence-electron chi connectivity index (χ1n) is 6.39. The predicted molar refractivity (Wildman–Crippen MR) is 77.9 cm³/mol. The molecule has 0 saturated carbocycles. The fourth-order valence-corrected chi connectivity index (χ4v) is 2.22. The normalized spacial score (nSPS) is 13.3. The highest BCUT2D eigenvalue weighted by atomic mass is 32.2. The Kier molecular flexibility index (Phi) is 6.11. The SMILES string of the molecule is CCS(=O)(=O)NC[C@@H](C)NCCc1nc(N)cc(=O)[nH]1. The zero-order chi connectivity index (χ0) is 15.2. The molecule has 0 aliphatic rings. The number of rotatable bonds is 8. The van der Waals surface area contributed by atoms with Gasteiger partial charge in [0.05, 0.1) is 5.75 Å². The predicted octanol–water partition coefficient (Wildman–Crippen LogP) is -1.19. The quantitative estimate of drug-likeness (QED) is 0.478. The van der Waals surface area contributed by atoms with Crippen molar-refractivity contribution < 1.29 is 8.42 Å². The molecule has 1 atom stereocenters. The standard InChI is InChI=1S/C11H21N5O3S/c1-3-20(18,19)14-7-8(2)13-5-4-10-15-9(12)6-11(17)16-10/h6,8,13-14H,3-5,7H2,1-2H3,(H3,12,15,16,17)/t8-/m1/s1. The second-order valence-corrected chi connectivity index (χ2v) is 6.57. The molecule has 9 heteroatoms. The van der Waals surface area contributed by atoms with E-state index in [1.54, 1.807) is 6.92 Å². The number of nitrogens with two attached hydrogens (primary N) is 1. The first-order chi connectivity index (χ1) is 9.32. The summed E-state index contributed by atoms with van der Waals surface area (Å²) in [6.45, 7) is 4.33. The first-order valence-corrected chi connectivity index (χ1v) is 8.04. The van der Waals surface area contributed by atoms with Crippen LogP contribution in [0.4, 0.5) is 5.82 Å². The smallest absolute Gasteiger partial charge is 0.252 e. The van der Waals surface area contributed by atoms with Crippen molar-refractivity contribution in [1.82, 2.24) is 20.0 Å². The van der Waals surface area contributed by atoms with Crippen LogP contribution in [0, 0.1) is 0 Å². The van der Waals surface area contributed by atoms with Crippen molar-refractivity contribution in [1.29, 1.82) is 0 Å². The van der Waals surface area contributed by atoms with Crippen molar-refractivity contribution in [3.05, 3.63) is 22.2 Å². The van der Waals surface area contributed by atoms with Crippen molar-refractivity contribution >= 4 is 15.8 Å². The van der Waals surface area contributed by atoms with Crippen LogP contribution in [0.1, 0.15) is 19.7 Å². The molecule has 1 aromatic heterocycles. The molecule has 1 rings (SSSR count). The molecule has 0 aliphatic heterocycles. The number of aromatic amines is 1. The molecule has 1 aromatic rings. The summed E-state index contributed by atoms with van der Waals surface area (Å²) in [6.07, 6.45) is 0.505. The average Bonchev–Trinajstić information content (AvgIpc) is 2.35. The maximum atomic E-state index is 11.3. The summed E-state index contributed by atoms with van der Waals surface area (Å²) in [5, 5.41) is 3.14. The minimum absolute atomic E-state index is 0.0240. The van der Waals surface area contributed by atoms with Crippen molar-refractivity contribution in [2.75, 3.05) is 24.6 Å². The Morgan fingerprint density at radius 2 is 2.20 bits per heavy atom. The zero-order valence-electron chi connectivity index (χ0n) is 11.6. The fraction of sp³-hybridized carbons (Fsp3) is 0.636. The van der Waals surface area contributed by atoms with E-state index in [0.29, 0.717) is 25.3 Å². The van der Waals surface area contributed by atoms with Crippen LogP contribution < -0.4 is 21.3 Å². The molecule has 0 unspecified atom stereocenters. The number of hydrogen-bond donors (Lipinski definition) is 4. The largest absolute Gasteiger partial charge is 0.383 e. The molecule has 0 fully saturated rings. The van der Waals surface area contributed by atoms with Gasteiger partial charge in [-0.05, 0) is 13.8 Å². The van der Waals surface area contributed by atoms with Crippen LogP contribution in [-0.4, -0.2) is 43.3 Å². The van der Waals surface area contributed by atoms with Gasteiger partial charge in [-0.3, -0.25) is 4.79 Å². The van der Waals surface area contributed by atoms with E-state index in [9.17, 15) is 13.2 Å².